The van der Waals surface area contributed by atoms with Crippen LogP contribution >= 0.6 is 11.8 Å². The Morgan fingerprint density at radius 1 is 1.04 bits per heavy atom. The van der Waals surface area contributed by atoms with Gasteiger partial charge in [0.15, 0.2) is 0 Å². The van der Waals surface area contributed by atoms with Gasteiger partial charge in [0.2, 0.25) is 0 Å². The molecule has 3 heterocycles. The van der Waals surface area contributed by atoms with Gasteiger partial charge in [0.1, 0.15) is 12.1 Å². The Morgan fingerprint density at radius 2 is 1.78 bits per heavy atom. The van der Waals surface area contributed by atoms with E-state index in [1.54, 1.807) is 6.33 Å². The lowest BCUT2D eigenvalue weighted by Gasteiger charge is -2.41. The Bertz CT molecular complexity index is 519. The summed E-state index contributed by atoms with van der Waals surface area (Å²) in [7, 11) is 0. The fourth-order valence-corrected chi connectivity index (χ4v) is 5.11. The van der Waals surface area contributed by atoms with Crippen molar-refractivity contribution in [2.45, 2.75) is 43.7 Å². The molecule has 1 aromatic rings. The fraction of sp³-hybridized carbons (Fsp3) is 0.765. The van der Waals surface area contributed by atoms with Crippen LogP contribution in [-0.4, -0.2) is 64.6 Å². The summed E-state index contributed by atoms with van der Waals surface area (Å²) in [5.41, 5.74) is 7.10. The highest BCUT2D eigenvalue weighted by molar-refractivity contribution is 7.99. The summed E-state index contributed by atoms with van der Waals surface area (Å²) in [6.07, 6.45) is 6.61. The molecule has 0 amide bonds. The minimum atomic E-state index is 0.371. The standard InChI is InChI=1S/C17H27N5S/c18-14-9-13(10-14)16-11-17(20-12-19-16)22-5-3-21(4-6-22)15-1-7-23-8-2-15/h11-15H,1-10,18H2. The van der Waals surface area contributed by atoms with E-state index in [9.17, 15) is 0 Å². The number of rotatable bonds is 3. The number of aromatic nitrogens is 2. The van der Waals surface area contributed by atoms with Crippen molar-refractivity contribution in [3.63, 3.8) is 0 Å². The van der Waals surface area contributed by atoms with Gasteiger partial charge in [-0.15, -0.1) is 0 Å². The molecule has 0 atom stereocenters. The maximum Gasteiger partial charge on any atom is 0.132 e. The molecule has 0 unspecified atom stereocenters. The van der Waals surface area contributed by atoms with Crippen LogP contribution in [-0.2, 0) is 0 Å². The first-order valence-corrected chi connectivity index (χ1v) is 10.1. The number of nitrogens with two attached hydrogens (primary N) is 1. The van der Waals surface area contributed by atoms with E-state index in [1.165, 1.54) is 43.1 Å². The summed E-state index contributed by atoms with van der Waals surface area (Å²) in [4.78, 5) is 14.1. The summed E-state index contributed by atoms with van der Waals surface area (Å²) in [6.45, 7) is 4.51. The van der Waals surface area contributed by atoms with E-state index in [-0.39, 0.29) is 0 Å². The van der Waals surface area contributed by atoms with Gasteiger partial charge < -0.3 is 10.6 Å². The molecule has 1 aliphatic carbocycles. The number of hydrogen-bond acceptors (Lipinski definition) is 6. The molecular weight excluding hydrogens is 306 g/mol. The van der Waals surface area contributed by atoms with Gasteiger partial charge in [0, 0.05) is 55.9 Å². The first-order chi connectivity index (χ1) is 11.3. The van der Waals surface area contributed by atoms with E-state index in [0.717, 1.165) is 37.8 Å². The van der Waals surface area contributed by atoms with Crippen molar-refractivity contribution in [3.8, 4) is 0 Å². The first-order valence-electron chi connectivity index (χ1n) is 8.94. The predicted molar refractivity (Wildman–Crippen MR) is 96.1 cm³/mol. The smallest absolute Gasteiger partial charge is 0.132 e. The molecule has 2 aliphatic heterocycles. The lowest BCUT2D eigenvalue weighted by atomic mass is 9.78. The molecule has 6 heteroatoms. The van der Waals surface area contributed by atoms with Crippen LogP contribution in [0, 0.1) is 0 Å². The molecule has 2 saturated heterocycles. The van der Waals surface area contributed by atoms with Gasteiger partial charge in [-0.25, -0.2) is 9.97 Å². The van der Waals surface area contributed by atoms with Crippen molar-refractivity contribution in [2.24, 2.45) is 5.73 Å². The zero-order valence-corrected chi connectivity index (χ0v) is 14.5. The zero-order chi connectivity index (χ0) is 15.6. The van der Waals surface area contributed by atoms with Crippen LogP contribution in [0.4, 0.5) is 5.82 Å². The van der Waals surface area contributed by atoms with E-state index in [2.05, 4.69) is 37.6 Å². The monoisotopic (exact) mass is 333 g/mol. The summed E-state index contributed by atoms with van der Waals surface area (Å²) in [5.74, 6) is 4.33. The molecule has 3 fully saturated rings. The van der Waals surface area contributed by atoms with Crippen molar-refractivity contribution in [3.05, 3.63) is 18.1 Å². The Hall–Kier alpha value is -0.850. The van der Waals surface area contributed by atoms with E-state index in [4.69, 9.17) is 5.73 Å². The van der Waals surface area contributed by atoms with Crippen molar-refractivity contribution in [1.29, 1.82) is 0 Å². The third-order valence-corrected chi connectivity index (χ3v) is 6.66. The van der Waals surface area contributed by atoms with E-state index < -0.39 is 0 Å². The molecule has 126 valence electrons. The van der Waals surface area contributed by atoms with E-state index in [0.29, 0.717) is 12.0 Å². The zero-order valence-electron chi connectivity index (χ0n) is 13.7. The second kappa shape index (κ2) is 6.95. The highest BCUT2D eigenvalue weighted by atomic mass is 32.2. The van der Waals surface area contributed by atoms with Gasteiger partial charge in [-0.05, 0) is 37.2 Å². The van der Waals surface area contributed by atoms with E-state index >= 15 is 0 Å². The van der Waals surface area contributed by atoms with Gasteiger partial charge >= 0.3 is 0 Å². The van der Waals surface area contributed by atoms with Crippen molar-refractivity contribution in [2.75, 3.05) is 42.6 Å². The minimum Gasteiger partial charge on any atom is -0.354 e. The average Bonchev–Trinajstić information content (AvgIpc) is 2.60. The Labute approximate surface area is 143 Å². The molecule has 4 rings (SSSR count). The quantitative estimate of drug-likeness (QED) is 0.908. The summed E-state index contributed by atoms with van der Waals surface area (Å²) in [5, 5.41) is 0. The molecule has 3 aliphatic rings. The summed E-state index contributed by atoms with van der Waals surface area (Å²) >= 11 is 2.11. The molecule has 2 N–H and O–H groups in total. The highest BCUT2D eigenvalue weighted by Gasteiger charge is 2.30. The lowest BCUT2D eigenvalue weighted by molar-refractivity contribution is 0.175. The fourth-order valence-electron chi connectivity index (χ4n) is 4.03. The van der Waals surface area contributed by atoms with Crippen molar-refractivity contribution < 1.29 is 0 Å². The minimum absolute atomic E-state index is 0.371. The number of nitrogens with zero attached hydrogens (tertiary/aromatic N) is 4. The SMILES string of the molecule is NC1CC(c2cc(N3CCN(C4CCSCC4)CC3)ncn2)C1. The number of thioether (sulfide) groups is 1. The number of anilines is 1. The molecule has 0 bridgehead atoms. The predicted octanol–water partition coefficient (Wildman–Crippen LogP) is 1.70. The Kier molecular flexibility index (Phi) is 4.73. The third-order valence-electron chi connectivity index (χ3n) is 5.61. The van der Waals surface area contributed by atoms with Crippen LogP contribution in [0.25, 0.3) is 0 Å². The van der Waals surface area contributed by atoms with Gasteiger partial charge in [0.05, 0.1) is 0 Å². The van der Waals surface area contributed by atoms with E-state index in [1.807, 2.05) is 0 Å². The molecule has 5 nitrogen and oxygen atoms in total. The van der Waals surface area contributed by atoms with Crippen LogP contribution in [0.5, 0.6) is 0 Å². The van der Waals surface area contributed by atoms with Crippen LogP contribution in [0.3, 0.4) is 0 Å². The molecule has 0 radical (unpaired) electrons. The molecule has 1 saturated carbocycles. The lowest BCUT2D eigenvalue weighted by Crippen LogP contribution is -2.51. The van der Waals surface area contributed by atoms with Crippen LogP contribution in [0.1, 0.15) is 37.3 Å². The summed E-state index contributed by atoms with van der Waals surface area (Å²) in [6, 6.07) is 3.38. The van der Waals surface area contributed by atoms with Crippen LogP contribution < -0.4 is 10.6 Å². The molecule has 1 aromatic heterocycles. The first kappa shape index (κ1) is 15.7. The maximum atomic E-state index is 5.91. The Morgan fingerprint density at radius 3 is 2.48 bits per heavy atom. The molecule has 0 spiro atoms. The van der Waals surface area contributed by atoms with Crippen molar-refractivity contribution >= 4 is 17.6 Å². The normalized spacial score (nSPS) is 30.2. The second-order valence-electron chi connectivity index (χ2n) is 7.10. The van der Waals surface area contributed by atoms with Crippen LogP contribution in [0.2, 0.25) is 0 Å². The molecular formula is C17H27N5S. The average molecular weight is 334 g/mol. The van der Waals surface area contributed by atoms with Gasteiger partial charge in [-0.2, -0.15) is 11.8 Å². The number of piperazine rings is 1. The Balaban J connectivity index is 1.35. The molecule has 0 aromatic carbocycles. The topological polar surface area (TPSA) is 58.3 Å². The van der Waals surface area contributed by atoms with Crippen LogP contribution in [0.15, 0.2) is 12.4 Å². The largest absolute Gasteiger partial charge is 0.354 e. The van der Waals surface area contributed by atoms with Crippen molar-refractivity contribution in [1.82, 2.24) is 14.9 Å². The maximum absolute atomic E-state index is 5.91. The second-order valence-corrected chi connectivity index (χ2v) is 8.32. The van der Waals surface area contributed by atoms with Gasteiger partial charge in [-0.1, -0.05) is 0 Å². The van der Waals surface area contributed by atoms with Gasteiger partial charge in [-0.3, -0.25) is 4.90 Å². The third kappa shape index (κ3) is 3.49. The van der Waals surface area contributed by atoms with Gasteiger partial charge in [0.25, 0.3) is 0 Å². The number of hydrogen-bond donors (Lipinski definition) is 1. The highest BCUT2D eigenvalue weighted by Crippen LogP contribution is 2.35. The molecule has 23 heavy (non-hydrogen) atoms. The summed E-state index contributed by atoms with van der Waals surface area (Å²) < 4.78 is 0.